The number of nitrogens with one attached hydrogen (secondary N) is 1. The van der Waals surface area contributed by atoms with Crippen molar-refractivity contribution in [2.75, 3.05) is 27.2 Å². The summed E-state index contributed by atoms with van der Waals surface area (Å²) in [7, 11) is 3.21. The van der Waals surface area contributed by atoms with E-state index in [1.54, 1.807) is 14.1 Å². The maximum Gasteiger partial charge on any atom is 0.348 e. The fraction of sp³-hybridized carbons (Fsp3) is 0.562. The van der Waals surface area contributed by atoms with E-state index in [0.717, 1.165) is 19.3 Å². The molecule has 1 aliphatic carbocycles. The van der Waals surface area contributed by atoms with Gasteiger partial charge in [0.05, 0.1) is 6.54 Å². The SMILES string of the molecule is C[C@H]1CCc2sc(C(=O)OCC(=O)NCC(=O)N(C)C)cc2C1. The molecule has 0 aliphatic heterocycles. The Morgan fingerprint density at radius 2 is 2.13 bits per heavy atom. The Morgan fingerprint density at radius 3 is 2.83 bits per heavy atom. The molecule has 1 aliphatic rings. The van der Waals surface area contributed by atoms with Crippen molar-refractivity contribution in [3.63, 3.8) is 0 Å². The average molecular weight is 338 g/mol. The van der Waals surface area contributed by atoms with Crippen LogP contribution >= 0.6 is 11.3 Å². The van der Waals surface area contributed by atoms with Gasteiger partial charge in [0.15, 0.2) is 6.61 Å². The highest BCUT2D eigenvalue weighted by Crippen LogP contribution is 2.32. The number of rotatable bonds is 5. The predicted octanol–water partition coefficient (Wildman–Crippen LogP) is 1.23. The second-order valence-electron chi connectivity index (χ2n) is 6.05. The first-order valence-corrected chi connectivity index (χ1v) is 8.44. The van der Waals surface area contributed by atoms with E-state index in [-0.39, 0.29) is 19.1 Å². The third-order valence-corrected chi connectivity index (χ3v) is 5.02. The largest absolute Gasteiger partial charge is 0.451 e. The number of amides is 2. The molecular weight excluding hydrogens is 316 g/mol. The second-order valence-corrected chi connectivity index (χ2v) is 7.18. The number of fused-ring (bicyclic) bond motifs is 1. The van der Waals surface area contributed by atoms with Crippen molar-refractivity contribution in [1.82, 2.24) is 10.2 Å². The topological polar surface area (TPSA) is 75.7 Å². The van der Waals surface area contributed by atoms with Crippen LogP contribution in [0, 0.1) is 5.92 Å². The van der Waals surface area contributed by atoms with E-state index in [1.165, 1.54) is 26.7 Å². The van der Waals surface area contributed by atoms with Gasteiger partial charge in [0.1, 0.15) is 4.88 Å². The van der Waals surface area contributed by atoms with Crippen LogP contribution in [0.25, 0.3) is 0 Å². The molecule has 0 bridgehead atoms. The lowest BCUT2D eigenvalue weighted by atomic mass is 9.90. The van der Waals surface area contributed by atoms with Crippen LogP contribution in [0.2, 0.25) is 0 Å². The zero-order valence-electron chi connectivity index (χ0n) is 13.7. The molecule has 1 N–H and O–H groups in total. The Labute approximate surface area is 139 Å². The molecule has 126 valence electrons. The number of ether oxygens (including phenoxy) is 1. The van der Waals surface area contributed by atoms with Gasteiger partial charge in [-0.25, -0.2) is 4.79 Å². The van der Waals surface area contributed by atoms with Crippen LogP contribution in [0.3, 0.4) is 0 Å². The van der Waals surface area contributed by atoms with E-state index in [9.17, 15) is 14.4 Å². The number of hydrogen-bond acceptors (Lipinski definition) is 5. The van der Waals surface area contributed by atoms with Crippen LogP contribution in [-0.4, -0.2) is 49.9 Å². The van der Waals surface area contributed by atoms with Gasteiger partial charge in [-0.2, -0.15) is 0 Å². The van der Waals surface area contributed by atoms with Crippen LogP contribution < -0.4 is 5.32 Å². The number of esters is 1. The molecule has 0 saturated heterocycles. The molecule has 1 atom stereocenters. The van der Waals surface area contributed by atoms with Crippen molar-refractivity contribution in [3.8, 4) is 0 Å². The Morgan fingerprint density at radius 1 is 1.39 bits per heavy atom. The van der Waals surface area contributed by atoms with Gasteiger partial charge in [-0.05, 0) is 36.8 Å². The van der Waals surface area contributed by atoms with Crippen molar-refractivity contribution in [2.24, 2.45) is 5.92 Å². The molecule has 1 heterocycles. The molecule has 7 heteroatoms. The first-order chi connectivity index (χ1) is 10.9. The minimum absolute atomic E-state index is 0.103. The van der Waals surface area contributed by atoms with E-state index >= 15 is 0 Å². The van der Waals surface area contributed by atoms with E-state index in [2.05, 4.69) is 12.2 Å². The summed E-state index contributed by atoms with van der Waals surface area (Å²) in [6, 6.07) is 1.88. The van der Waals surface area contributed by atoms with E-state index in [1.807, 2.05) is 6.07 Å². The van der Waals surface area contributed by atoms with Crippen LogP contribution in [0.5, 0.6) is 0 Å². The zero-order valence-corrected chi connectivity index (χ0v) is 14.5. The third kappa shape index (κ3) is 4.79. The lowest BCUT2D eigenvalue weighted by Gasteiger charge is -2.16. The molecule has 0 aromatic carbocycles. The van der Waals surface area contributed by atoms with Crippen molar-refractivity contribution in [1.29, 1.82) is 0 Å². The van der Waals surface area contributed by atoms with Gasteiger partial charge in [0, 0.05) is 19.0 Å². The van der Waals surface area contributed by atoms with Gasteiger partial charge in [-0.1, -0.05) is 6.92 Å². The first kappa shape index (κ1) is 17.5. The van der Waals surface area contributed by atoms with Crippen LogP contribution in [-0.2, 0) is 27.2 Å². The van der Waals surface area contributed by atoms with Crippen LogP contribution in [0.1, 0.15) is 33.5 Å². The number of thiophene rings is 1. The molecule has 0 spiro atoms. The van der Waals surface area contributed by atoms with Gasteiger partial charge in [-0.15, -0.1) is 11.3 Å². The Hall–Kier alpha value is -1.89. The standard InChI is InChI=1S/C16H22N2O4S/c1-10-4-5-12-11(6-10)7-13(23-12)16(21)22-9-14(19)17-8-15(20)18(2)3/h7,10H,4-6,8-9H2,1-3H3,(H,17,19)/t10-/m0/s1. The molecule has 23 heavy (non-hydrogen) atoms. The minimum atomic E-state index is -0.483. The van der Waals surface area contributed by atoms with Crippen LogP contribution in [0.4, 0.5) is 0 Å². The van der Waals surface area contributed by atoms with Crippen molar-refractivity contribution >= 4 is 29.1 Å². The highest BCUT2D eigenvalue weighted by molar-refractivity contribution is 7.14. The number of hydrogen-bond donors (Lipinski definition) is 1. The fourth-order valence-electron chi connectivity index (χ4n) is 2.39. The molecule has 1 aromatic heterocycles. The number of aryl methyl sites for hydroxylation is 1. The molecular formula is C16H22N2O4S. The monoisotopic (exact) mass is 338 g/mol. The van der Waals surface area contributed by atoms with Gasteiger partial charge in [-0.3, -0.25) is 9.59 Å². The fourth-order valence-corrected chi connectivity index (χ4v) is 3.49. The summed E-state index contributed by atoms with van der Waals surface area (Å²) < 4.78 is 5.02. The lowest BCUT2D eigenvalue weighted by Crippen LogP contribution is -2.38. The van der Waals surface area contributed by atoms with Crippen LogP contribution in [0.15, 0.2) is 6.07 Å². The Balaban J connectivity index is 1.81. The number of nitrogens with zero attached hydrogens (tertiary/aromatic N) is 1. The van der Waals surface area contributed by atoms with Crippen molar-refractivity contribution in [2.45, 2.75) is 26.2 Å². The van der Waals surface area contributed by atoms with E-state index in [4.69, 9.17) is 4.74 Å². The molecule has 6 nitrogen and oxygen atoms in total. The predicted molar refractivity (Wildman–Crippen MR) is 87.5 cm³/mol. The molecule has 0 unspecified atom stereocenters. The lowest BCUT2D eigenvalue weighted by molar-refractivity contribution is -0.131. The summed E-state index contributed by atoms with van der Waals surface area (Å²) in [6.07, 6.45) is 3.14. The quantitative estimate of drug-likeness (QED) is 0.820. The van der Waals surface area contributed by atoms with Gasteiger partial charge >= 0.3 is 5.97 Å². The van der Waals surface area contributed by atoms with Gasteiger partial charge in [0.25, 0.3) is 5.91 Å². The first-order valence-electron chi connectivity index (χ1n) is 7.62. The molecule has 0 fully saturated rings. The van der Waals surface area contributed by atoms with Crippen molar-refractivity contribution in [3.05, 3.63) is 21.4 Å². The molecule has 0 saturated carbocycles. The summed E-state index contributed by atoms with van der Waals surface area (Å²) in [4.78, 5) is 38.1. The smallest absolute Gasteiger partial charge is 0.348 e. The Kier molecular flexibility index (Phi) is 5.76. The highest BCUT2D eigenvalue weighted by atomic mass is 32.1. The average Bonchev–Trinajstić information content (AvgIpc) is 2.93. The zero-order chi connectivity index (χ0) is 17.0. The van der Waals surface area contributed by atoms with Crippen molar-refractivity contribution < 1.29 is 19.1 Å². The third-order valence-electron chi connectivity index (χ3n) is 3.80. The maximum atomic E-state index is 12.0. The normalized spacial score (nSPS) is 16.4. The Bertz CT molecular complexity index is 609. The summed E-state index contributed by atoms with van der Waals surface area (Å²) in [6.45, 7) is 1.73. The molecule has 1 aromatic rings. The summed E-state index contributed by atoms with van der Waals surface area (Å²) in [5, 5.41) is 2.42. The number of carbonyl (C=O) groups excluding carboxylic acids is 3. The molecule has 2 amide bonds. The summed E-state index contributed by atoms with van der Waals surface area (Å²) >= 11 is 1.45. The van der Waals surface area contributed by atoms with E-state index < -0.39 is 11.9 Å². The maximum absolute atomic E-state index is 12.0. The minimum Gasteiger partial charge on any atom is -0.451 e. The number of carbonyl (C=O) groups is 3. The molecule has 0 radical (unpaired) electrons. The number of likely N-dealkylation sites (N-methyl/N-ethyl adjacent to an activating group) is 1. The summed E-state index contributed by atoms with van der Waals surface area (Å²) in [5.41, 5.74) is 1.22. The van der Waals surface area contributed by atoms with Gasteiger partial charge in [0.2, 0.25) is 5.91 Å². The van der Waals surface area contributed by atoms with Gasteiger partial charge < -0.3 is 15.0 Å². The van der Waals surface area contributed by atoms with E-state index in [0.29, 0.717) is 10.8 Å². The molecule has 2 rings (SSSR count). The second kappa shape index (κ2) is 7.59. The highest BCUT2D eigenvalue weighted by Gasteiger charge is 2.21. The summed E-state index contributed by atoms with van der Waals surface area (Å²) in [5.74, 6) is -0.541.